The van der Waals surface area contributed by atoms with Crippen molar-refractivity contribution in [2.75, 3.05) is 25.0 Å². The predicted molar refractivity (Wildman–Crippen MR) is 121 cm³/mol. The zero-order chi connectivity index (χ0) is 22.1. The van der Waals surface area contributed by atoms with Crippen LogP contribution in [-0.2, 0) is 11.8 Å². The number of carbonyl (C=O) groups is 1. The molecule has 1 amide bonds. The normalized spacial score (nSPS) is 16.4. The minimum Gasteiger partial charge on any atom is -0.450 e. The molecule has 0 spiro atoms. The first kappa shape index (κ1) is 20.4. The molecule has 5 heterocycles. The fraction of sp³-hybridized carbons (Fsp3) is 0.381. The van der Waals surface area contributed by atoms with E-state index in [4.69, 9.17) is 4.74 Å². The SMILES string of the molecule is CCOC(=O)N1CCCC(c2cc(Nc3nccn4c(-c5cnn(C)c5)cnc34)sn2)C1. The number of aromatic nitrogens is 6. The van der Waals surface area contributed by atoms with Crippen molar-refractivity contribution in [1.29, 1.82) is 0 Å². The van der Waals surface area contributed by atoms with Gasteiger partial charge < -0.3 is 15.0 Å². The highest BCUT2D eigenvalue weighted by Gasteiger charge is 2.27. The van der Waals surface area contributed by atoms with Crippen molar-refractivity contribution in [3.8, 4) is 11.3 Å². The number of rotatable bonds is 5. The largest absolute Gasteiger partial charge is 0.450 e. The molecule has 4 aromatic heterocycles. The third-order valence-corrected chi connectivity index (χ3v) is 6.28. The Morgan fingerprint density at radius 1 is 1.34 bits per heavy atom. The van der Waals surface area contributed by atoms with Gasteiger partial charge in [0, 0.05) is 50.2 Å². The van der Waals surface area contributed by atoms with Gasteiger partial charge in [0.05, 0.1) is 30.4 Å². The van der Waals surface area contributed by atoms with Gasteiger partial charge >= 0.3 is 6.09 Å². The van der Waals surface area contributed by atoms with Crippen LogP contribution in [0.4, 0.5) is 15.6 Å². The van der Waals surface area contributed by atoms with Gasteiger partial charge in [-0.15, -0.1) is 0 Å². The Labute approximate surface area is 189 Å². The van der Waals surface area contributed by atoms with E-state index in [2.05, 4.69) is 24.8 Å². The number of nitrogens with zero attached hydrogens (tertiary/aromatic N) is 7. The number of nitrogens with one attached hydrogen (secondary N) is 1. The smallest absolute Gasteiger partial charge is 0.409 e. The van der Waals surface area contributed by atoms with Gasteiger partial charge in [-0.2, -0.15) is 9.47 Å². The second-order valence-corrected chi connectivity index (χ2v) is 8.55. The highest BCUT2D eigenvalue weighted by Crippen LogP contribution is 2.32. The van der Waals surface area contributed by atoms with Gasteiger partial charge in [0.15, 0.2) is 11.5 Å². The molecule has 4 aromatic rings. The average molecular weight is 453 g/mol. The maximum Gasteiger partial charge on any atom is 0.409 e. The molecule has 1 atom stereocenters. The zero-order valence-corrected chi connectivity index (χ0v) is 18.7. The van der Waals surface area contributed by atoms with E-state index in [1.165, 1.54) is 11.5 Å². The van der Waals surface area contributed by atoms with Crippen LogP contribution in [0.25, 0.3) is 16.9 Å². The maximum absolute atomic E-state index is 12.1. The van der Waals surface area contributed by atoms with E-state index in [1.807, 2.05) is 49.2 Å². The van der Waals surface area contributed by atoms with Gasteiger partial charge in [0.25, 0.3) is 0 Å². The number of imidazole rings is 1. The lowest BCUT2D eigenvalue weighted by Crippen LogP contribution is -2.39. The molecular formula is C21H24N8O2S. The first-order valence-electron chi connectivity index (χ1n) is 10.6. The van der Waals surface area contributed by atoms with Crippen molar-refractivity contribution < 1.29 is 9.53 Å². The summed E-state index contributed by atoms with van der Waals surface area (Å²) in [7, 11) is 1.89. The van der Waals surface area contributed by atoms with E-state index in [1.54, 1.807) is 15.8 Å². The van der Waals surface area contributed by atoms with Crippen molar-refractivity contribution in [1.82, 2.24) is 33.4 Å². The monoisotopic (exact) mass is 452 g/mol. The lowest BCUT2D eigenvalue weighted by Gasteiger charge is -2.31. The molecule has 1 aliphatic heterocycles. The minimum absolute atomic E-state index is 0.201. The predicted octanol–water partition coefficient (Wildman–Crippen LogP) is 3.67. The quantitative estimate of drug-likeness (QED) is 0.493. The Morgan fingerprint density at radius 3 is 3.06 bits per heavy atom. The molecule has 166 valence electrons. The molecule has 1 aliphatic rings. The Balaban J connectivity index is 1.35. The first-order chi connectivity index (χ1) is 15.6. The maximum atomic E-state index is 12.1. The third-order valence-electron chi connectivity index (χ3n) is 5.56. The second kappa shape index (κ2) is 8.58. The standard InChI is InChI=1S/C21H24N8O2S/c1-3-31-21(30)28-7-4-5-14(13-28)16-9-18(32-26-16)25-19-20-23-11-17(29(20)8-6-22-19)15-10-24-27(2)12-15/h6,8-12,14H,3-5,7,13H2,1-2H3,(H,22,25). The summed E-state index contributed by atoms with van der Waals surface area (Å²) in [4.78, 5) is 22.9. The second-order valence-electron chi connectivity index (χ2n) is 7.74. The topological polar surface area (TPSA) is 102 Å². The van der Waals surface area contributed by atoms with Gasteiger partial charge in [-0.3, -0.25) is 9.08 Å². The number of anilines is 2. The molecular weight excluding hydrogens is 428 g/mol. The van der Waals surface area contributed by atoms with Crippen molar-refractivity contribution >= 4 is 34.1 Å². The number of aryl methyl sites for hydroxylation is 1. The van der Waals surface area contributed by atoms with Crippen molar-refractivity contribution in [3.05, 3.63) is 42.7 Å². The van der Waals surface area contributed by atoms with Crippen LogP contribution >= 0.6 is 11.5 Å². The molecule has 0 radical (unpaired) electrons. The molecule has 0 saturated carbocycles. The fourth-order valence-electron chi connectivity index (χ4n) is 4.03. The fourth-order valence-corrected chi connectivity index (χ4v) is 4.75. The Hall–Kier alpha value is -3.47. The lowest BCUT2D eigenvalue weighted by atomic mass is 9.95. The van der Waals surface area contributed by atoms with Gasteiger partial charge in [0.2, 0.25) is 0 Å². The van der Waals surface area contributed by atoms with E-state index in [-0.39, 0.29) is 12.0 Å². The Kier molecular flexibility index (Phi) is 5.48. The van der Waals surface area contributed by atoms with Crippen LogP contribution < -0.4 is 5.32 Å². The van der Waals surface area contributed by atoms with Crippen LogP contribution in [0, 0.1) is 0 Å². The van der Waals surface area contributed by atoms with E-state index in [0.717, 1.165) is 47.0 Å². The van der Waals surface area contributed by atoms with E-state index >= 15 is 0 Å². The summed E-state index contributed by atoms with van der Waals surface area (Å²) < 4.78 is 13.6. The Morgan fingerprint density at radius 2 is 2.25 bits per heavy atom. The molecule has 5 rings (SSSR count). The summed E-state index contributed by atoms with van der Waals surface area (Å²) in [5, 5.41) is 8.50. The van der Waals surface area contributed by atoms with Crippen LogP contribution in [0.3, 0.4) is 0 Å². The number of amides is 1. The Bertz CT molecular complexity index is 1250. The van der Waals surface area contributed by atoms with E-state index < -0.39 is 0 Å². The number of ether oxygens (including phenoxy) is 1. The molecule has 11 heteroatoms. The van der Waals surface area contributed by atoms with E-state index in [0.29, 0.717) is 19.0 Å². The molecule has 1 saturated heterocycles. The van der Waals surface area contributed by atoms with Crippen LogP contribution in [-0.4, -0.2) is 59.2 Å². The highest BCUT2D eigenvalue weighted by atomic mass is 32.1. The molecule has 1 unspecified atom stereocenters. The molecule has 0 bridgehead atoms. The number of hydrogen-bond acceptors (Lipinski definition) is 8. The highest BCUT2D eigenvalue weighted by molar-refractivity contribution is 7.10. The van der Waals surface area contributed by atoms with Crippen molar-refractivity contribution in [2.45, 2.75) is 25.7 Å². The molecule has 1 N–H and O–H groups in total. The number of piperidine rings is 1. The van der Waals surface area contributed by atoms with Gasteiger partial charge in [-0.25, -0.2) is 14.8 Å². The van der Waals surface area contributed by atoms with Gasteiger partial charge in [-0.1, -0.05) is 0 Å². The first-order valence-corrected chi connectivity index (χ1v) is 11.4. The van der Waals surface area contributed by atoms with Crippen LogP contribution in [0.1, 0.15) is 31.4 Å². The number of likely N-dealkylation sites (tertiary alicyclic amines) is 1. The number of carbonyl (C=O) groups excluding carboxylic acids is 1. The van der Waals surface area contributed by atoms with E-state index in [9.17, 15) is 4.79 Å². The average Bonchev–Trinajstić information content (AvgIpc) is 3.54. The summed E-state index contributed by atoms with van der Waals surface area (Å²) in [5.74, 6) is 0.863. The molecule has 1 fully saturated rings. The van der Waals surface area contributed by atoms with Gasteiger partial charge in [-0.05, 0) is 37.4 Å². The van der Waals surface area contributed by atoms with Crippen molar-refractivity contribution in [3.63, 3.8) is 0 Å². The molecule has 0 aliphatic carbocycles. The van der Waals surface area contributed by atoms with Crippen molar-refractivity contribution in [2.24, 2.45) is 7.05 Å². The van der Waals surface area contributed by atoms with Gasteiger partial charge in [0.1, 0.15) is 5.00 Å². The molecule has 0 aromatic carbocycles. The summed E-state index contributed by atoms with van der Waals surface area (Å²) in [6, 6.07) is 2.04. The third kappa shape index (κ3) is 3.91. The summed E-state index contributed by atoms with van der Waals surface area (Å²) in [5.41, 5.74) is 3.65. The van der Waals surface area contributed by atoms with Crippen LogP contribution in [0.15, 0.2) is 37.1 Å². The number of fused-ring (bicyclic) bond motifs is 1. The summed E-state index contributed by atoms with van der Waals surface area (Å²) in [6.45, 7) is 3.58. The number of hydrogen-bond donors (Lipinski definition) is 1. The van der Waals surface area contributed by atoms with Crippen LogP contribution in [0.2, 0.25) is 0 Å². The zero-order valence-electron chi connectivity index (χ0n) is 17.9. The lowest BCUT2D eigenvalue weighted by molar-refractivity contribution is 0.0956. The summed E-state index contributed by atoms with van der Waals surface area (Å²) >= 11 is 1.39. The molecule has 32 heavy (non-hydrogen) atoms. The molecule has 10 nitrogen and oxygen atoms in total. The summed E-state index contributed by atoms with van der Waals surface area (Å²) in [6.07, 6.45) is 10.9. The van der Waals surface area contributed by atoms with Crippen LogP contribution in [0.5, 0.6) is 0 Å². The minimum atomic E-state index is -0.245.